The first-order valence-corrected chi connectivity index (χ1v) is 9.98. The zero-order valence-corrected chi connectivity index (χ0v) is 18.4. The molecule has 0 atom stereocenters. The number of amides is 1. The lowest BCUT2D eigenvalue weighted by atomic mass is 10.0. The van der Waals surface area contributed by atoms with Crippen LogP contribution in [0, 0.1) is 0 Å². The number of fused-ring (bicyclic) bond motifs is 1. The molecule has 0 aliphatic heterocycles. The Morgan fingerprint density at radius 1 is 1.13 bits per heavy atom. The third-order valence-corrected chi connectivity index (χ3v) is 4.98. The second-order valence-corrected chi connectivity index (χ2v) is 8.25. The van der Waals surface area contributed by atoms with Gasteiger partial charge in [0, 0.05) is 31.5 Å². The molecule has 0 aliphatic carbocycles. The summed E-state index contributed by atoms with van der Waals surface area (Å²) in [5.74, 6) is -0.614. The summed E-state index contributed by atoms with van der Waals surface area (Å²) in [7, 11) is 3.31. The molecule has 1 amide bonds. The number of anilines is 2. The summed E-state index contributed by atoms with van der Waals surface area (Å²) >= 11 is 0. The lowest BCUT2D eigenvalue weighted by molar-refractivity contribution is -0.136. The van der Waals surface area contributed by atoms with Crippen LogP contribution in [0.5, 0.6) is 0 Å². The smallest absolute Gasteiger partial charge is 0.378 e. The van der Waals surface area contributed by atoms with Crippen molar-refractivity contribution in [3.63, 3.8) is 0 Å². The number of carbonyl (C=O) groups is 1. The fourth-order valence-corrected chi connectivity index (χ4v) is 3.24. The topological polar surface area (TPSA) is 63.1 Å². The molecule has 0 radical (unpaired) electrons. The van der Waals surface area contributed by atoms with Crippen molar-refractivity contribution < 1.29 is 18.0 Å². The van der Waals surface area contributed by atoms with Crippen LogP contribution in [0.3, 0.4) is 0 Å². The van der Waals surface area contributed by atoms with E-state index in [4.69, 9.17) is 0 Å². The summed E-state index contributed by atoms with van der Waals surface area (Å²) in [5, 5.41) is 7.27. The summed E-state index contributed by atoms with van der Waals surface area (Å²) in [6.45, 7) is 7.76. The molecular formula is C22H26F3N5O. The van der Waals surface area contributed by atoms with Gasteiger partial charge < -0.3 is 10.2 Å². The second-order valence-electron chi connectivity index (χ2n) is 8.25. The van der Waals surface area contributed by atoms with E-state index in [0.717, 1.165) is 6.07 Å². The molecule has 166 valence electrons. The minimum absolute atomic E-state index is 0.0127. The number of hydrogen-bond acceptors (Lipinski definition) is 4. The van der Waals surface area contributed by atoms with E-state index in [1.807, 2.05) is 27.7 Å². The van der Waals surface area contributed by atoms with Crippen molar-refractivity contribution in [2.45, 2.75) is 45.8 Å². The second kappa shape index (κ2) is 8.20. The molecule has 9 heteroatoms. The number of pyridine rings is 1. The summed E-state index contributed by atoms with van der Waals surface area (Å²) in [6, 6.07) is 5.46. The molecule has 0 fully saturated rings. The van der Waals surface area contributed by atoms with Gasteiger partial charge in [-0.1, -0.05) is 13.8 Å². The van der Waals surface area contributed by atoms with E-state index in [2.05, 4.69) is 15.4 Å². The highest BCUT2D eigenvalue weighted by Crippen LogP contribution is 2.37. The molecule has 0 bridgehead atoms. The number of nitrogens with zero attached hydrogens (tertiary/aromatic N) is 4. The maximum absolute atomic E-state index is 13.7. The number of carbonyl (C=O) groups excluding carboxylic acids is 1. The molecule has 0 saturated carbocycles. The van der Waals surface area contributed by atoms with Gasteiger partial charge in [0.05, 0.1) is 28.4 Å². The summed E-state index contributed by atoms with van der Waals surface area (Å²) in [4.78, 5) is 19.3. The quantitative estimate of drug-likeness (QED) is 0.579. The van der Waals surface area contributed by atoms with Crippen molar-refractivity contribution in [2.24, 2.45) is 0 Å². The molecule has 0 unspecified atom stereocenters. The van der Waals surface area contributed by atoms with Crippen LogP contribution in [0.4, 0.5) is 24.5 Å². The molecule has 0 spiro atoms. The molecule has 3 aromatic rings. The molecule has 6 nitrogen and oxygen atoms in total. The number of nitrogens with one attached hydrogen (secondary N) is 1. The van der Waals surface area contributed by atoms with Crippen molar-refractivity contribution in [1.82, 2.24) is 14.8 Å². The summed E-state index contributed by atoms with van der Waals surface area (Å²) in [5.41, 5.74) is 0.626. The molecular weight excluding hydrogens is 407 g/mol. The highest BCUT2D eigenvalue weighted by atomic mass is 19.4. The largest absolute Gasteiger partial charge is 0.418 e. The summed E-state index contributed by atoms with van der Waals surface area (Å²) < 4.78 is 42.7. The molecule has 2 heterocycles. The number of benzene rings is 1. The number of halogens is 3. The fraction of sp³-hybridized carbons (Fsp3) is 0.409. The standard InChI is InChI=1S/C22H26F3N5O/c1-12(2)19-10-15(16-11-26-30(13(3)4)20(16)27-19)21(31)28-18-8-7-14(29(5)6)9-17(18)22(23,24)25/h7-13H,1-6H3,(H,28,31). The van der Waals surface area contributed by atoms with Crippen LogP contribution >= 0.6 is 0 Å². The Kier molecular flexibility index (Phi) is 5.98. The van der Waals surface area contributed by atoms with Gasteiger partial charge in [-0.05, 0) is 44.0 Å². The van der Waals surface area contributed by atoms with E-state index >= 15 is 0 Å². The molecule has 1 aromatic carbocycles. The van der Waals surface area contributed by atoms with Crippen LogP contribution in [0.15, 0.2) is 30.5 Å². The molecule has 3 rings (SSSR count). The SMILES string of the molecule is CC(C)c1cc(C(=O)Nc2ccc(N(C)C)cc2C(F)(F)F)c2cnn(C(C)C)c2n1. The molecule has 2 aromatic heterocycles. The van der Waals surface area contributed by atoms with Gasteiger partial charge in [0.15, 0.2) is 5.65 Å². The van der Waals surface area contributed by atoms with E-state index < -0.39 is 17.6 Å². The minimum Gasteiger partial charge on any atom is -0.378 e. The van der Waals surface area contributed by atoms with Crippen molar-refractivity contribution in [1.29, 1.82) is 0 Å². The van der Waals surface area contributed by atoms with Gasteiger partial charge in [-0.2, -0.15) is 18.3 Å². The molecule has 0 saturated heterocycles. The monoisotopic (exact) mass is 433 g/mol. The Labute approximate surface area is 179 Å². The Bertz CT molecular complexity index is 1120. The van der Waals surface area contributed by atoms with Gasteiger partial charge in [0.2, 0.25) is 0 Å². The molecule has 31 heavy (non-hydrogen) atoms. The average Bonchev–Trinajstić information content (AvgIpc) is 3.10. The van der Waals surface area contributed by atoms with E-state index in [-0.39, 0.29) is 23.2 Å². The van der Waals surface area contributed by atoms with Gasteiger partial charge in [0.1, 0.15) is 0 Å². The Morgan fingerprint density at radius 3 is 2.35 bits per heavy atom. The predicted octanol–water partition coefficient (Wildman–Crippen LogP) is 5.47. The van der Waals surface area contributed by atoms with Crippen LogP contribution in [-0.4, -0.2) is 34.8 Å². The fourth-order valence-electron chi connectivity index (χ4n) is 3.24. The van der Waals surface area contributed by atoms with Gasteiger partial charge in [-0.25, -0.2) is 9.67 Å². The van der Waals surface area contributed by atoms with Crippen molar-refractivity contribution >= 4 is 28.3 Å². The highest BCUT2D eigenvalue weighted by molar-refractivity contribution is 6.12. The number of aromatic nitrogens is 3. The predicted molar refractivity (Wildman–Crippen MR) is 116 cm³/mol. The van der Waals surface area contributed by atoms with Crippen molar-refractivity contribution in [2.75, 3.05) is 24.3 Å². The first-order valence-electron chi connectivity index (χ1n) is 9.98. The van der Waals surface area contributed by atoms with Crippen molar-refractivity contribution in [3.05, 3.63) is 47.3 Å². The molecule has 1 N–H and O–H groups in total. The number of hydrogen-bond donors (Lipinski definition) is 1. The van der Waals surface area contributed by atoms with Crippen LogP contribution in [0.1, 0.15) is 61.3 Å². The minimum atomic E-state index is -4.62. The average molecular weight is 433 g/mol. The zero-order chi connectivity index (χ0) is 23.1. The maximum atomic E-state index is 13.7. The molecule has 0 aliphatic rings. The van der Waals surface area contributed by atoms with Crippen LogP contribution in [0.25, 0.3) is 11.0 Å². The normalized spacial score (nSPS) is 12.1. The van der Waals surface area contributed by atoms with E-state index in [9.17, 15) is 18.0 Å². The van der Waals surface area contributed by atoms with E-state index in [0.29, 0.717) is 22.4 Å². The maximum Gasteiger partial charge on any atom is 0.418 e. The number of rotatable bonds is 5. The first kappa shape index (κ1) is 22.6. The van der Waals surface area contributed by atoms with Crippen LogP contribution in [0.2, 0.25) is 0 Å². The third-order valence-electron chi connectivity index (χ3n) is 4.98. The lowest BCUT2D eigenvalue weighted by Gasteiger charge is -2.19. The number of alkyl halides is 3. The van der Waals surface area contributed by atoms with Gasteiger partial charge >= 0.3 is 6.18 Å². The first-order chi connectivity index (χ1) is 14.4. The van der Waals surface area contributed by atoms with E-state index in [1.165, 1.54) is 18.3 Å². The van der Waals surface area contributed by atoms with Crippen LogP contribution in [-0.2, 0) is 6.18 Å². The Hall–Kier alpha value is -3.10. The summed E-state index contributed by atoms with van der Waals surface area (Å²) in [6.07, 6.45) is -3.09. The van der Waals surface area contributed by atoms with Gasteiger partial charge in [-0.3, -0.25) is 4.79 Å². The zero-order valence-electron chi connectivity index (χ0n) is 18.4. The van der Waals surface area contributed by atoms with Gasteiger partial charge in [-0.15, -0.1) is 0 Å². The van der Waals surface area contributed by atoms with E-state index in [1.54, 1.807) is 29.7 Å². The Balaban J connectivity index is 2.10. The lowest BCUT2D eigenvalue weighted by Crippen LogP contribution is -2.19. The highest BCUT2D eigenvalue weighted by Gasteiger charge is 2.34. The van der Waals surface area contributed by atoms with Crippen LogP contribution < -0.4 is 10.2 Å². The van der Waals surface area contributed by atoms with Gasteiger partial charge in [0.25, 0.3) is 5.91 Å². The Morgan fingerprint density at radius 2 is 1.81 bits per heavy atom. The third kappa shape index (κ3) is 4.50. The van der Waals surface area contributed by atoms with Crippen molar-refractivity contribution in [3.8, 4) is 0 Å².